The molecule has 96 valence electrons. The highest BCUT2D eigenvalue weighted by atomic mass is 16.2. The Morgan fingerprint density at radius 1 is 1.53 bits per heavy atom. The third-order valence-electron chi connectivity index (χ3n) is 3.33. The van der Waals surface area contributed by atoms with Crippen molar-refractivity contribution in [1.29, 1.82) is 0 Å². The van der Waals surface area contributed by atoms with Crippen molar-refractivity contribution in [2.45, 2.75) is 40.7 Å². The van der Waals surface area contributed by atoms with Crippen molar-refractivity contribution in [2.75, 3.05) is 7.05 Å². The van der Waals surface area contributed by atoms with Gasteiger partial charge in [0, 0.05) is 25.9 Å². The second-order valence-electron chi connectivity index (χ2n) is 5.76. The number of nitrogens with zero attached hydrogens (tertiary/aromatic N) is 2. The van der Waals surface area contributed by atoms with Crippen molar-refractivity contribution in [1.82, 2.24) is 14.9 Å². The summed E-state index contributed by atoms with van der Waals surface area (Å²) in [6, 6.07) is 0. The second kappa shape index (κ2) is 5.34. The summed E-state index contributed by atoms with van der Waals surface area (Å²) in [7, 11) is 1.82. The number of hydrogen-bond donors (Lipinski definition) is 1. The molecule has 0 aromatic carbocycles. The quantitative estimate of drug-likeness (QED) is 0.874. The molecule has 1 N–H and O–H groups in total. The maximum absolute atomic E-state index is 12.0. The number of imidazole rings is 1. The summed E-state index contributed by atoms with van der Waals surface area (Å²) in [6.07, 6.45) is 4.05. The summed E-state index contributed by atoms with van der Waals surface area (Å²) in [4.78, 5) is 20.9. The molecule has 1 rings (SSSR count). The molecular formula is C13H23N3O. The first-order valence-corrected chi connectivity index (χ1v) is 6.03. The standard InChI is InChI=1S/C13H23N3O/c1-10(13(2,3)4)8-12(17)16(5)9-11-14-6-7-15-11/h6-7,10H,8-9H2,1-5H3,(H,14,15). The van der Waals surface area contributed by atoms with E-state index in [4.69, 9.17) is 0 Å². The lowest BCUT2D eigenvalue weighted by Gasteiger charge is -2.28. The zero-order valence-corrected chi connectivity index (χ0v) is 11.4. The maximum Gasteiger partial charge on any atom is 0.223 e. The Balaban J connectivity index is 2.48. The Bertz CT molecular complexity index is 351. The average molecular weight is 237 g/mol. The Morgan fingerprint density at radius 2 is 2.18 bits per heavy atom. The average Bonchev–Trinajstić information content (AvgIpc) is 2.68. The molecule has 1 aromatic heterocycles. The summed E-state index contributed by atoms with van der Waals surface area (Å²) in [6.45, 7) is 9.16. The van der Waals surface area contributed by atoms with E-state index in [-0.39, 0.29) is 11.3 Å². The van der Waals surface area contributed by atoms with Crippen molar-refractivity contribution >= 4 is 5.91 Å². The number of rotatable bonds is 4. The van der Waals surface area contributed by atoms with Crippen LogP contribution in [0.15, 0.2) is 12.4 Å². The number of aromatic nitrogens is 2. The van der Waals surface area contributed by atoms with Crippen molar-refractivity contribution in [3.63, 3.8) is 0 Å². The first kappa shape index (κ1) is 13.7. The van der Waals surface area contributed by atoms with E-state index >= 15 is 0 Å². The summed E-state index contributed by atoms with van der Waals surface area (Å²) in [5.74, 6) is 1.36. The van der Waals surface area contributed by atoms with Gasteiger partial charge in [0.15, 0.2) is 0 Å². The first-order chi connectivity index (χ1) is 7.80. The summed E-state index contributed by atoms with van der Waals surface area (Å²) in [5.41, 5.74) is 0.168. The van der Waals surface area contributed by atoms with Crippen molar-refractivity contribution in [2.24, 2.45) is 11.3 Å². The van der Waals surface area contributed by atoms with E-state index in [1.54, 1.807) is 17.3 Å². The summed E-state index contributed by atoms with van der Waals surface area (Å²) < 4.78 is 0. The second-order valence-corrected chi connectivity index (χ2v) is 5.76. The number of carbonyl (C=O) groups is 1. The van der Waals surface area contributed by atoms with E-state index in [9.17, 15) is 4.79 Å². The predicted octanol–water partition coefficient (Wildman–Crippen LogP) is 2.44. The van der Waals surface area contributed by atoms with Gasteiger partial charge in [0.05, 0.1) is 6.54 Å². The van der Waals surface area contributed by atoms with Gasteiger partial charge in [-0.2, -0.15) is 0 Å². The molecule has 1 unspecified atom stereocenters. The molecule has 0 saturated heterocycles. The fraction of sp³-hybridized carbons (Fsp3) is 0.692. The lowest BCUT2D eigenvalue weighted by atomic mass is 9.80. The van der Waals surface area contributed by atoms with E-state index in [1.807, 2.05) is 7.05 Å². The maximum atomic E-state index is 12.0. The Morgan fingerprint density at radius 3 is 2.65 bits per heavy atom. The van der Waals surface area contributed by atoms with Crippen molar-refractivity contribution in [3.05, 3.63) is 18.2 Å². The zero-order valence-electron chi connectivity index (χ0n) is 11.4. The number of hydrogen-bond acceptors (Lipinski definition) is 2. The third-order valence-corrected chi connectivity index (χ3v) is 3.33. The molecule has 0 aliphatic heterocycles. The molecule has 1 heterocycles. The fourth-order valence-electron chi connectivity index (χ4n) is 1.42. The van der Waals surface area contributed by atoms with Crippen LogP contribution in [-0.2, 0) is 11.3 Å². The van der Waals surface area contributed by atoms with E-state index < -0.39 is 0 Å². The third kappa shape index (κ3) is 4.21. The molecule has 17 heavy (non-hydrogen) atoms. The number of aromatic amines is 1. The first-order valence-electron chi connectivity index (χ1n) is 6.03. The fourth-order valence-corrected chi connectivity index (χ4v) is 1.42. The van der Waals surface area contributed by atoms with E-state index in [1.165, 1.54) is 0 Å². The SMILES string of the molecule is CC(CC(=O)N(C)Cc1ncc[nH]1)C(C)(C)C. The minimum absolute atomic E-state index is 0.168. The minimum Gasteiger partial charge on any atom is -0.347 e. The van der Waals surface area contributed by atoms with Crippen LogP contribution in [0.5, 0.6) is 0 Å². The van der Waals surface area contributed by atoms with Gasteiger partial charge in [-0.05, 0) is 11.3 Å². The molecule has 0 spiro atoms. The molecule has 0 aliphatic carbocycles. The largest absolute Gasteiger partial charge is 0.347 e. The van der Waals surface area contributed by atoms with Gasteiger partial charge in [0.2, 0.25) is 5.91 Å². The van der Waals surface area contributed by atoms with Gasteiger partial charge < -0.3 is 9.88 Å². The molecule has 1 atom stereocenters. The van der Waals surface area contributed by atoms with Gasteiger partial charge in [0.1, 0.15) is 5.82 Å². The Hall–Kier alpha value is -1.32. The number of nitrogens with one attached hydrogen (secondary N) is 1. The zero-order chi connectivity index (χ0) is 13.1. The van der Waals surface area contributed by atoms with Crippen LogP contribution in [0.2, 0.25) is 0 Å². The molecule has 0 saturated carbocycles. The van der Waals surface area contributed by atoms with Gasteiger partial charge in [-0.15, -0.1) is 0 Å². The minimum atomic E-state index is 0.168. The molecule has 4 heteroatoms. The highest BCUT2D eigenvalue weighted by Crippen LogP contribution is 2.28. The van der Waals surface area contributed by atoms with E-state index in [0.717, 1.165) is 5.82 Å². The smallest absolute Gasteiger partial charge is 0.223 e. The highest BCUT2D eigenvalue weighted by molar-refractivity contribution is 5.76. The van der Waals surface area contributed by atoms with Crippen LogP contribution < -0.4 is 0 Å². The molecule has 0 fully saturated rings. The molecule has 0 radical (unpaired) electrons. The normalized spacial score (nSPS) is 13.5. The van der Waals surface area contributed by atoms with E-state index in [0.29, 0.717) is 18.9 Å². The topological polar surface area (TPSA) is 49.0 Å². The van der Waals surface area contributed by atoms with Crippen molar-refractivity contribution in [3.8, 4) is 0 Å². The van der Waals surface area contributed by atoms with Crippen LogP contribution >= 0.6 is 0 Å². The number of carbonyl (C=O) groups excluding carboxylic acids is 1. The highest BCUT2D eigenvalue weighted by Gasteiger charge is 2.24. The van der Waals surface area contributed by atoms with Crippen molar-refractivity contribution < 1.29 is 4.79 Å². The van der Waals surface area contributed by atoms with Crippen LogP contribution in [0, 0.1) is 11.3 Å². The van der Waals surface area contributed by atoms with Crippen LogP contribution in [-0.4, -0.2) is 27.8 Å². The van der Waals surface area contributed by atoms with Gasteiger partial charge >= 0.3 is 0 Å². The summed E-state index contributed by atoms with van der Waals surface area (Å²) in [5, 5.41) is 0. The molecule has 1 amide bonds. The lowest BCUT2D eigenvalue weighted by Crippen LogP contribution is -2.31. The predicted molar refractivity (Wildman–Crippen MR) is 68.3 cm³/mol. The Labute approximate surface area is 103 Å². The molecule has 0 bridgehead atoms. The summed E-state index contributed by atoms with van der Waals surface area (Å²) >= 11 is 0. The van der Waals surface area contributed by atoms with Crippen LogP contribution in [0.1, 0.15) is 39.9 Å². The molecule has 1 aromatic rings. The molecule has 4 nitrogen and oxygen atoms in total. The van der Waals surface area contributed by atoms with Gasteiger partial charge in [-0.25, -0.2) is 4.98 Å². The van der Waals surface area contributed by atoms with Crippen LogP contribution in [0.4, 0.5) is 0 Å². The van der Waals surface area contributed by atoms with Crippen LogP contribution in [0.3, 0.4) is 0 Å². The molecular weight excluding hydrogens is 214 g/mol. The Kier molecular flexibility index (Phi) is 4.32. The number of H-pyrrole nitrogens is 1. The van der Waals surface area contributed by atoms with Crippen LogP contribution in [0.25, 0.3) is 0 Å². The molecule has 0 aliphatic rings. The lowest BCUT2D eigenvalue weighted by molar-refractivity contribution is -0.132. The van der Waals surface area contributed by atoms with Gasteiger partial charge in [0.25, 0.3) is 0 Å². The van der Waals surface area contributed by atoms with Gasteiger partial charge in [-0.3, -0.25) is 4.79 Å². The number of amides is 1. The monoisotopic (exact) mass is 237 g/mol. The van der Waals surface area contributed by atoms with E-state index in [2.05, 4.69) is 37.7 Å². The van der Waals surface area contributed by atoms with Gasteiger partial charge in [-0.1, -0.05) is 27.7 Å².